The summed E-state index contributed by atoms with van der Waals surface area (Å²) in [5, 5.41) is 6.34. The van der Waals surface area contributed by atoms with Crippen LogP contribution in [-0.4, -0.2) is 16.8 Å². The van der Waals surface area contributed by atoms with Crippen molar-refractivity contribution in [3.8, 4) is 17.0 Å². The first-order valence-corrected chi connectivity index (χ1v) is 5.19. The van der Waals surface area contributed by atoms with Crippen LogP contribution in [0.1, 0.15) is 0 Å². The molecule has 2 aromatic rings. The fourth-order valence-corrected chi connectivity index (χ4v) is 1.38. The van der Waals surface area contributed by atoms with Crippen LogP contribution in [0.2, 0.25) is 0 Å². The number of aromatic amines is 1. The van der Waals surface area contributed by atoms with Gasteiger partial charge in [0.1, 0.15) is 12.4 Å². The van der Waals surface area contributed by atoms with Crippen molar-refractivity contribution in [1.29, 1.82) is 0 Å². The predicted octanol–water partition coefficient (Wildman–Crippen LogP) is 2.00. The molecule has 0 radical (unpaired) electrons. The third kappa shape index (κ3) is 2.81. The lowest BCUT2D eigenvalue weighted by molar-refractivity contribution is 0.363. The van der Waals surface area contributed by atoms with Crippen LogP contribution in [0.15, 0.2) is 53.8 Å². The molecule has 1 heterocycles. The minimum atomic E-state index is -0.209. The summed E-state index contributed by atoms with van der Waals surface area (Å²) >= 11 is 0. The van der Waals surface area contributed by atoms with E-state index in [0.29, 0.717) is 6.61 Å². The van der Waals surface area contributed by atoms with E-state index < -0.39 is 0 Å². The van der Waals surface area contributed by atoms with Crippen LogP contribution in [0.4, 0.5) is 0 Å². The van der Waals surface area contributed by atoms with Crippen LogP contribution in [0.5, 0.6) is 5.75 Å². The zero-order valence-electron chi connectivity index (χ0n) is 9.22. The van der Waals surface area contributed by atoms with E-state index >= 15 is 0 Å². The lowest BCUT2D eigenvalue weighted by Crippen LogP contribution is -2.05. The summed E-state index contributed by atoms with van der Waals surface area (Å²) in [6.07, 6.45) is 1.69. The average Bonchev–Trinajstić information content (AvgIpc) is 2.38. The first-order chi connectivity index (χ1) is 8.29. The topological polar surface area (TPSA) is 55.0 Å². The van der Waals surface area contributed by atoms with Gasteiger partial charge in [0.05, 0.1) is 5.69 Å². The Hall–Kier alpha value is -2.36. The van der Waals surface area contributed by atoms with Crippen molar-refractivity contribution in [3.63, 3.8) is 0 Å². The maximum absolute atomic E-state index is 10.9. The van der Waals surface area contributed by atoms with E-state index in [4.69, 9.17) is 4.74 Å². The standard InChI is InChI=1S/C13H12N2O2/c1-2-9-17-11-5-3-10(4-6-11)12-7-8-13(16)15-14-12/h2-8H,1,9H2,(H,15,16). The van der Waals surface area contributed by atoms with Crippen molar-refractivity contribution in [2.45, 2.75) is 0 Å². The molecule has 0 aliphatic rings. The van der Waals surface area contributed by atoms with E-state index in [2.05, 4.69) is 16.8 Å². The molecular formula is C13H12N2O2. The van der Waals surface area contributed by atoms with Gasteiger partial charge in [0, 0.05) is 11.6 Å². The molecule has 4 heteroatoms. The molecule has 0 saturated carbocycles. The van der Waals surface area contributed by atoms with Crippen LogP contribution < -0.4 is 10.3 Å². The quantitative estimate of drug-likeness (QED) is 0.814. The number of hydrogen-bond acceptors (Lipinski definition) is 3. The Labute approximate surface area is 98.6 Å². The summed E-state index contributed by atoms with van der Waals surface area (Å²) in [5.41, 5.74) is 1.44. The largest absolute Gasteiger partial charge is 0.490 e. The van der Waals surface area contributed by atoms with Crippen LogP contribution in [0.3, 0.4) is 0 Å². The molecule has 86 valence electrons. The zero-order valence-corrected chi connectivity index (χ0v) is 9.22. The van der Waals surface area contributed by atoms with Gasteiger partial charge in [0.25, 0.3) is 5.56 Å². The summed E-state index contributed by atoms with van der Waals surface area (Å²) in [4.78, 5) is 10.9. The number of hydrogen-bond donors (Lipinski definition) is 1. The summed E-state index contributed by atoms with van der Waals surface area (Å²) in [6.45, 7) is 4.06. The predicted molar refractivity (Wildman–Crippen MR) is 66.0 cm³/mol. The molecule has 0 unspecified atom stereocenters. The number of rotatable bonds is 4. The molecule has 0 spiro atoms. The number of H-pyrrole nitrogens is 1. The van der Waals surface area contributed by atoms with Gasteiger partial charge < -0.3 is 4.74 Å². The van der Waals surface area contributed by atoms with Crippen molar-refractivity contribution in [2.24, 2.45) is 0 Å². The van der Waals surface area contributed by atoms with E-state index in [-0.39, 0.29) is 5.56 Å². The normalized spacial score (nSPS) is 9.88. The maximum Gasteiger partial charge on any atom is 0.264 e. The highest BCUT2D eigenvalue weighted by atomic mass is 16.5. The summed E-state index contributed by atoms with van der Waals surface area (Å²) in [7, 11) is 0. The second-order valence-corrected chi connectivity index (χ2v) is 3.43. The molecular weight excluding hydrogens is 216 g/mol. The number of ether oxygens (including phenoxy) is 1. The number of nitrogens with zero attached hydrogens (tertiary/aromatic N) is 1. The van der Waals surface area contributed by atoms with Gasteiger partial charge >= 0.3 is 0 Å². The fraction of sp³-hybridized carbons (Fsp3) is 0.0769. The van der Waals surface area contributed by atoms with Gasteiger partial charge in [-0.25, -0.2) is 5.10 Å². The minimum Gasteiger partial charge on any atom is -0.490 e. The molecule has 0 aliphatic carbocycles. The first kappa shape index (κ1) is 11.1. The number of benzene rings is 1. The maximum atomic E-state index is 10.9. The Morgan fingerprint density at radius 1 is 1.24 bits per heavy atom. The molecule has 0 bridgehead atoms. The first-order valence-electron chi connectivity index (χ1n) is 5.19. The molecule has 2 rings (SSSR count). The average molecular weight is 228 g/mol. The Morgan fingerprint density at radius 3 is 2.59 bits per heavy atom. The number of aromatic nitrogens is 2. The van der Waals surface area contributed by atoms with Crippen LogP contribution in [0.25, 0.3) is 11.3 Å². The molecule has 1 aromatic carbocycles. The molecule has 1 N–H and O–H groups in total. The second kappa shape index (κ2) is 5.12. The van der Waals surface area contributed by atoms with Gasteiger partial charge in [0.15, 0.2) is 0 Å². The third-order valence-corrected chi connectivity index (χ3v) is 2.20. The smallest absolute Gasteiger partial charge is 0.264 e. The Balaban J connectivity index is 2.20. The van der Waals surface area contributed by atoms with Crippen molar-refractivity contribution in [1.82, 2.24) is 10.2 Å². The van der Waals surface area contributed by atoms with Crippen LogP contribution >= 0.6 is 0 Å². The zero-order chi connectivity index (χ0) is 12.1. The van der Waals surface area contributed by atoms with E-state index in [1.54, 1.807) is 12.1 Å². The monoisotopic (exact) mass is 228 g/mol. The molecule has 0 amide bonds. The van der Waals surface area contributed by atoms with Gasteiger partial charge in [-0.2, -0.15) is 5.10 Å². The van der Waals surface area contributed by atoms with Gasteiger partial charge in [-0.1, -0.05) is 12.7 Å². The van der Waals surface area contributed by atoms with Crippen LogP contribution in [0, 0.1) is 0 Å². The van der Waals surface area contributed by atoms with E-state index in [1.165, 1.54) is 6.07 Å². The summed E-state index contributed by atoms with van der Waals surface area (Å²) < 4.78 is 5.37. The Morgan fingerprint density at radius 2 is 2.00 bits per heavy atom. The van der Waals surface area contributed by atoms with Crippen molar-refractivity contribution in [3.05, 3.63) is 59.4 Å². The molecule has 0 saturated heterocycles. The van der Waals surface area contributed by atoms with E-state index in [9.17, 15) is 4.79 Å². The molecule has 0 aliphatic heterocycles. The van der Waals surface area contributed by atoms with Crippen molar-refractivity contribution >= 4 is 0 Å². The van der Waals surface area contributed by atoms with Gasteiger partial charge in [-0.3, -0.25) is 4.79 Å². The van der Waals surface area contributed by atoms with Gasteiger partial charge in [-0.05, 0) is 30.3 Å². The van der Waals surface area contributed by atoms with Gasteiger partial charge in [0.2, 0.25) is 0 Å². The lowest BCUT2D eigenvalue weighted by Gasteiger charge is -2.04. The molecule has 0 atom stereocenters. The SMILES string of the molecule is C=CCOc1ccc(-c2ccc(=O)[nH]n2)cc1. The van der Waals surface area contributed by atoms with E-state index in [0.717, 1.165) is 17.0 Å². The highest BCUT2D eigenvalue weighted by Crippen LogP contribution is 2.19. The molecule has 4 nitrogen and oxygen atoms in total. The highest BCUT2D eigenvalue weighted by Gasteiger charge is 1.99. The number of nitrogens with one attached hydrogen (secondary N) is 1. The Bertz CT molecular complexity index is 538. The molecule has 1 aromatic heterocycles. The minimum absolute atomic E-state index is 0.209. The van der Waals surface area contributed by atoms with Crippen molar-refractivity contribution < 1.29 is 4.74 Å². The second-order valence-electron chi connectivity index (χ2n) is 3.43. The van der Waals surface area contributed by atoms with Crippen molar-refractivity contribution in [2.75, 3.05) is 6.61 Å². The highest BCUT2D eigenvalue weighted by molar-refractivity contribution is 5.59. The van der Waals surface area contributed by atoms with E-state index in [1.807, 2.05) is 24.3 Å². The van der Waals surface area contributed by atoms with Gasteiger partial charge in [-0.15, -0.1) is 0 Å². The van der Waals surface area contributed by atoms with Crippen LogP contribution in [-0.2, 0) is 0 Å². The summed E-state index contributed by atoms with van der Waals surface area (Å²) in [6, 6.07) is 10.6. The Kier molecular flexibility index (Phi) is 3.35. The lowest BCUT2D eigenvalue weighted by atomic mass is 10.1. The summed E-state index contributed by atoms with van der Waals surface area (Å²) in [5.74, 6) is 0.776. The third-order valence-electron chi connectivity index (χ3n) is 2.20. The molecule has 17 heavy (non-hydrogen) atoms. The fourth-order valence-electron chi connectivity index (χ4n) is 1.38. The molecule has 0 fully saturated rings.